The molecule has 0 saturated heterocycles. The predicted molar refractivity (Wildman–Crippen MR) is 79.6 cm³/mol. The molecule has 2 aromatic rings. The number of rotatable bonds is 4. The normalized spacial score (nSPS) is 10.5. The Kier molecular flexibility index (Phi) is 4.46. The number of halogens is 1. The second-order valence-corrected chi connectivity index (χ2v) is 5.16. The molecule has 0 saturated carbocycles. The molecule has 2 N–H and O–H groups in total. The lowest BCUT2D eigenvalue weighted by Crippen LogP contribution is -1.99. The minimum absolute atomic E-state index is 0.483. The first kappa shape index (κ1) is 13.9. The summed E-state index contributed by atoms with van der Waals surface area (Å²) in [5.74, 6) is 0.693. The fourth-order valence-corrected chi connectivity index (χ4v) is 2.36. The zero-order valence-corrected chi connectivity index (χ0v) is 12.0. The fraction of sp³-hybridized carbons (Fsp3) is 0.250. The van der Waals surface area contributed by atoms with Gasteiger partial charge in [-0.2, -0.15) is 0 Å². The molecular formula is C16H18ClNO. The van der Waals surface area contributed by atoms with Crippen LogP contribution in [0.1, 0.15) is 22.3 Å². The monoisotopic (exact) mass is 275 g/mol. The molecule has 0 fully saturated rings. The molecule has 2 rings (SSSR count). The third kappa shape index (κ3) is 3.72. The van der Waals surface area contributed by atoms with Crippen LogP contribution in [0.2, 0.25) is 5.02 Å². The summed E-state index contributed by atoms with van der Waals surface area (Å²) >= 11 is 6.16. The van der Waals surface area contributed by atoms with Gasteiger partial charge in [-0.15, -0.1) is 0 Å². The van der Waals surface area contributed by atoms with Crippen molar-refractivity contribution < 1.29 is 4.74 Å². The van der Waals surface area contributed by atoms with Crippen LogP contribution in [-0.4, -0.2) is 0 Å². The van der Waals surface area contributed by atoms with Crippen LogP contribution in [0.3, 0.4) is 0 Å². The number of benzene rings is 2. The highest BCUT2D eigenvalue weighted by atomic mass is 35.5. The molecule has 0 atom stereocenters. The predicted octanol–water partition coefficient (Wildman–Crippen LogP) is 3.99. The molecule has 0 spiro atoms. The molecule has 0 bridgehead atoms. The highest BCUT2D eigenvalue weighted by Gasteiger charge is 2.04. The highest BCUT2D eigenvalue weighted by molar-refractivity contribution is 6.32. The standard InChI is InChI=1S/C16H18ClNO/c1-11-5-12(2)7-14(6-11)10-19-16-4-3-13(9-18)8-15(16)17/h3-8H,9-10,18H2,1-2H3. The number of hydrogen-bond donors (Lipinski definition) is 1. The first-order chi connectivity index (χ1) is 9.08. The van der Waals surface area contributed by atoms with Gasteiger partial charge in [0.05, 0.1) is 5.02 Å². The molecule has 100 valence electrons. The van der Waals surface area contributed by atoms with E-state index in [4.69, 9.17) is 22.1 Å². The van der Waals surface area contributed by atoms with Gasteiger partial charge in [-0.1, -0.05) is 47.0 Å². The van der Waals surface area contributed by atoms with Crippen LogP contribution < -0.4 is 10.5 Å². The molecule has 0 aliphatic heterocycles. The van der Waals surface area contributed by atoms with Crippen LogP contribution in [0.4, 0.5) is 0 Å². The molecule has 0 aliphatic rings. The molecular weight excluding hydrogens is 258 g/mol. The smallest absolute Gasteiger partial charge is 0.138 e. The summed E-state index contributed by atoms with van der Waals surface area (Å²) in [6, 6.07) is 12.0. The maximum atomic E-state index is 6.16. The molecule has 2 aromatic carbocycles. The second-order valence-electron chi connectivity index (χ2n) is 4.75. The largest absolute Gasteiger partial charge is 0.487 e. The van der Waals surface area contributed by atoms with E-state index in [1.807, 2.05) is 18.2 Å². The van der Waals surface area contributed by atoms with Crippen LogP contribution in [0, 0.1) is 13.8 Å². The van der Waals surface area contributed by atoms with Gasteiger partial charge in [0, 0.05) is 6.54 Å². The zero-order valence-electron chi connectivity index (χ0n) is 11.2. The van der Waals surface area contributed by atoms with Crippen molar-refractivity contribution in [2.24, 2.45) is 5.73 Å². The third-order valence-electron chi connectivity index (χ3n) is 2.91. The molecule has 0 heterocycles. The summed E-state index contributed by atoms with van der Waals surface area (Å²) in [5, 5.41) is 0.604. The highest BCUT2D eigenvalue weighted by Crippen LogP contribution is 2.26. The average molecular weight is 276 g/mol. The number of aryl methyl sites for hydroxylation is 2. The van der Waals surface area contributed by atoms with Gasteiger partial charge >= 0.3 is 0 Å². The van der Waals surface area contributed by atoms with Crippen LogP contribution in [0.25, 0.3) is 0 Å². The van der Waals surface area contributed by atoms with Crippen molar-refractivity contribution in [1.29, 1.82) is 0 Å². The van der Waals surface area contributed by atoms with Crippen molar-refractivity contribution in [1.82, 2.24) is 0 Å². The summed E-state index contributed by atoms with van der Waals surface area (Å²) in [4.78, 5) is 0. The van der Waals surface area contributed by atoms with E-state index >= 15 is 0 Å². The lowest BCUT2D eigenvalue weighted by molar-refractivity contribution is 0.306. The quantitative estimate of drug-likeness (QED) is 0.915. The summed E-state index contributed by atoms with van der Waals surface area (Å²) in [6.07, 6.45) is 0. The van der Waals surface area contributed by atoms with E-state index < -0.39 is 0 Å². The van der Waals surface area contributed by atoms with Gasteiger partial charge in [0.1, 0.15) is 12.4 Å². The summed E-state index contributed by atoms with van der Waals surface area (Å²) in [6.45, 7) is 5.17. The minimum Gasteiger partial charge on any atom is -0.487 e. The molecule has 3 heteroatoms. The van der Waals surface area contributed by atoms with E-state index in [0.29, 0.717) is 23.9 Å². The Morgan fingerprint density at radius 3 is 2.26 bits per heavy atom. The van der Waals surface area contributed by atoms with E-state index in [-0.39, 0.29) is 0 Å². The van der Waals surface area contributed by atoms with Gasteiger partial charge in [-0.25, -0.2) is 0 Å². The SMILES string of the molecule is Cc1cc(C)cc(COc2ccc(CN)cc2Cl)c1. The minimum atomic E-state index is 0.483. The van der Waals surface area contributed by atoms with Crippen LogP contribution in [0.15, 0.2) is 36.4 Å². The van der Waals surface area contributed by atoms with Crippen molar-refractivity contribution in [2.45, 2.75) is 27.0 Å². The maximum Gasteiger partial charge on any atom is 0.138 e. The van der Waals surface area contributed by atoms with E-state index in [9.17, 15) is 0 Å². The van der Waals surface area contributed by atoms with E-state index in [2.05, 4.69) is 32.0 Å². The van der Waals surface area contributed by atoms with E-state index in [1.54, 1.807) is 0 Å². The van der Waals surface area contributed by atoms with Crippen LogP contribution in [0.5, 0.6) is 5.75 Å². The van der Waals surface area contributed by atoms with Crippen molar-refractivity contribution in [3.63, 3.8) is 0 Å². The average Bonchev–Trinajstić information content (AvgIpc) is 2.36. The van der Waals surface area contributed by atoms with E-state index in [0.717, 1.165) is 11.1 Å². The van der Waals surface area contributed by atoms with Gasteiger partial charge < -0.3 is 10.5 Å². The van der Waals surface area contributed by atoms with Gasteiger partial charge in [0.25, 0.3) is 0 Å². The molecule has 0 amide bonds. The molecule has 0 unspecified atom stereocenters. The lowest BCUT2D eigenvalue weighted by Gasteiger charge is -2.10. The topological polar surface area (TPSA) is 35.2 Å². The van der Waals surface area contributed by atoms with Crippen molar-refractivity contribution >= 4 is 11.6 Å². The first-order valence-electron chi connectivity index (χ1n) is 6.27. The Hall–Kier alpha value is -1.51. The number of nitrogens with two attached hydrogens (primary N) is 1. The third-order valence-corrected chi connectivity index (χ3v) is 3.20. The Morgan fingerprint density at radius 1 is 1.00 bits per heavy atom. The second kappa shape index (κ2) is 6.09. The molecule has 0 aliphatic carbocycles. The van der Waals surface area contributed by atoms with Gasteiger partial charge in [0.2, 0.25) is 0 Å². The van der Waals surface area contributed by atoms with Gasteiger partial charge in [0.15, 0.2) is 0 Å². The summed E-state index contributed by atoms with van der Waals surface area (Å²) < 4.78 is 5.76. The molecule has 19 heavy (non-hydrogen) atoms. The zero-order chi connectivity index (χ0) is 13.8. The van der Waals surface area contributed by atoms with Crippen molar-refractivity contribution in [2.75, 3.05) is 0 Å². The lowest BCUT2D eigenvalue weighted by atomic mass is 10.1. The molecule has 0 aromatic heterocycles. The van der Waals surface area contributed by atoms with Crippen LogP contribution >= 0.6 is 11.6 Å². The molecule has 0 radical (unpaired) electrons. The Balaban J connectivity index is 2.10. The Morgan fingerprint density at radius 2 is 1.68 bits per heavy atom. The fourth-order valence-electron chi connectivity index (χ4n) is 2.10. The van der Waals surface area contributed by atoms with Gasteiger partial charge in [-0.05, 0) is 37.1 Å². The van der Waals surface area contributed by atoms with Gasteiger partial charge in [-0.3, -0.25) is 0 Å². The van der Waals surface area contributed by atoms with Crippen molar-refractivity contribution in [3.05, 3.63) is 63.7 Å². The van der Waals surface area contributed by atoms with Crippen LogP contribution in [-0.2, 0) is 13.2 Å². The molecule has 2 nitrogen and oxygen atoms in total. The van der Waals surface area contributed by atoms with Crippen molar-refractivity contribution in [3.8, 4) is 5.75 Å². The Labute approximate surface area is 119 Å². The summed E-state index contributed by atoms with van der Waals surface area (Å²) in [5.41, 5.74) is 10.2. The summed E-state index contributed by atoms with van der Waals surface area (Å²) in [7, 11) is 0. The Bertz CT molecular complexity index is 561. The van der Waals surface area contributed by atoms with E-state index in [1.165, 1.54) is 11.1 Å². The number of hydrogen-bond acceptors (Lipinski definition) is 2. The maximum absolute atomic E-state index is 6.16. The first-order valence-corrected chi connectivity index (χ1v) is 6.65. The number of ether oxygens (including phenoxy) is 1.